The second-order valence-electron chi connectivity index (χ2n) is 20.3. The Kier molecular flexibility index (Phi) is 20.3. The average molecular weight is 1010 g/mol. The third-order valence-corrected chi connectivity index (χ3v) is 15.6. The first-order chi connectivity index (χ1) is 33.6. The van der Waals surface area contributed by atoms with E-state index in [0.717, 1.165) is 19.1 Å². The first-order valence-corrected chi connectivity index (χ1v) is 27.1. The summed E-state index contributed by atoms with van der Waals surface area (Å²) >= 11 is 0. The van der Waals surface area contributed by atoms with E-state index in [2.05, 4.69) is 10.6 Å². The van der Waals surface area contributed by atoms with Crippen LogP contribution in [0.2, 0.25) is 0 Å². The lowest BCUT2D eigenvalue weighted by Crippen LogP contribution is -2.60. The van der Waals surface area contributed by atoms with Gasteiger partial charge in [-0.1, -0.05) is 77.8 Å². The van der Waals surface area contributed by atoms with Gasteiger partial charge in [-0.15, -0.1) is 0 Å². The number of sulfonamides is 1. The summed E-state index contributed by atoms with van der Waals surface area (Å²) in [6, 6.07) is 4.81. The predicted octanol–water partition coefficient (Wildman–Crippen LogP) is 2.72. The molecular weight excluding hydrogens is 935 g/mol. The van der Waals surface area contributed by atoms with Gasteiger partial charge in [0.05, 0.1) is 42.9 Å². The maximum atomic E-state index is 14.7. The van der Waals surface area contributed by atoms with Gasteiger partial charge in [0, 0.05) is 65.4 Å². The molecule has 1 aliphatic carbocycles. The summed E-state index contributed by atoms with van der Waals surface area (Å²) in [5.41, 5.74) is 0.703. The van der Waals surface area contributed by atoms with E-state index in [-0.39, 0.29) is 85.0 Å². The minimum Gasteiger partial charge on any atom is -0.379 e. The maximum Gasteiger partial charge on any atom is 0.256 e. The lowest BCUT2D eigenvalue weighted by molar-refractivity contribution is -0.149. The highest BCUT2D eigenvalue weighted by molar-refractivity contribution is 7.89. The van der Waals surface area contributed by atoms with Crippen molar-refractivity contribution in [2.45, 2.75) is 160 Å². The van der Waals surface area contributed by atoms with Crippen molar-refractivity contribution in [1.29, 1.82) is 0 Å². The lowest BCUT2D eigenvalue weighted by Gasteiger charge is -2.41. The number of piperidine rings is 1. The molecule has 3 fully saturated rings. The van der Waals surface area contributed by atoms with Gasteiger partial charge in [-0.2, -0.15) is 0 Å². The molecule has 11 atom stereocenters. The molecule has 20 heteroatoms. The third kappa shape index (κ3) is 14.3. The van der Waals surface area contributed by atoms with Gasteiger partial charge in [0.15, 0.2) is 0 Å². The molecule has 0 unspecified atom stereocenters. The second kappa shape index (κ2) is 25.4. The van der Waals surface area contributed by atoms with Gasteiger partial charge in [-0.3, -0.25) is 48.0 Å². The van der Waals surface area contributed by atoms with Crippen molar-refractivity contribution in [2.24, 2.45) is 23.7 Å². The zero-order chi connectivity index (χ0) is 52.3. The highest BCUT2D eigenvalue weighted by Crippen LogP contribution is 2.43. The van der Waals surface area contributed by atoms with Crippen LogP contribution in [0.4, 0.5) is 0 Å². The number of nitrogens with one attached hydrogen (secondary N) is 3. The third-order valence-electron chi connectivity index (χ3n) is 15.0. The molecule has 4 aliphatic rings. The number of likely N-dealkylation sites (N-methyl/N-ethyl adjacent to an activating group) is 1. The minimum atomic E-state index is -3.93. The number of benzene rings is 1. The summed E-state index contributed by atoms with van der Waals surface area (Å²) in [5, 5.41) is 5.78. The number of hydrogen-bond donors (Lipinski definition) is 3. The van der Waals surface area contributed by atoms with Crippen LogP contribution in [0.5, 0.6) is 0 Å². The van der Waals surface area contributed by atoms with Crippen LogP contribution in [0.25, 0.3) is 0 Å². The van der Waals surface area contributed by atoms with Crippen LogP contribution in [0.3, 0.4) is 0 Å². The average Bonchev–Trinajstić information content (AvgIpc) is 4.15. The highest BCUT2D eigenvalue weighted by atomic mass is 32.2. The molecule has 3 N–H and O–H groups in total. The van der Waals surface area contributed by atoms with Crippen LogP contribution in [0, 0.1) is 23.7 Å². The molecule has 0 radical (unpaired) electrons. The Morgan fingerprint density at radius 1 is 0.859 bits per heavy atom. The number of nitrogens with zero attached hydrogens (tertiary/aromatic N) is 4. The fourth-order valence-electron chi connectivity index (χ4n) is 11.1. The second-order valence-corrected chi connectivity index (χ2v) is 22.0. The Morgan fingerprint density at radius 3 is 2.14 bits per heavy atom. The van der Waals surface area contributed by atoms with Gasteiger partial charge in [0.25, 0.3) is 17.7 Å². The molecule has 2 saturated heterocycles. The van der Waals surface area contributed by atoms with E-state index in [1.54, 1.807) is 59.0 Å². The Labute approximate surface area is 419 Å². The number of amides is 8. The fourth-order valence-corrected chi connectivity index (χ4v) is 11.6. The van der Waals surface area contributed by atoms with Gasteiger partial charge >= 0.3 is 0 Å². The Balaban J connectivity index is 1.24. The Morgan fingerprint density at radius 2 is 1.54 bits per heavy atom. The van der Waals surface area contributed by atoms with Crippen molar-refractivity contribution in [3.8, 4) is 0 Å². The van der Waals surface area contributed by atoms with Gasteiger partial charge in [-0.25, -0.2) is 8.42 Å². The standard InChI is InChI=1S/C51H77N7O12S/c1-10-32(4)45(55(6)51(66)44(31(2)3)53-50(65)46-35-22-23-36(29-35)58(46)42(61)21-15-12-16-26-57-40(59)24-25-41(57)60)39(69-7)30-43(62)56-27-17-20-38(56)47(70-8)33(5)48(63)52-37(49(64)54-71(9,67)68)28-34-18-13-11-14-19-34/h11,13-14,18-19,24-25,31-33,35-39,44-47H,10,12,15-17,20-23,26-30H2,1-9H3,(H,52,63)(H,53,65)(H,54,64)/t32-,33+,35-,36+,37-,38-,39+,44-,45-,46-,47+/m0/s1. The summed E-state index contributed by atoms with van der Waals surface area (Å²) in [4.78, 5) is 114. The molecular formula is C51H77N7O12S. The van der Waals surface area contributed by atoms with Crippen molar-refractivity contribution < 1.29 is 56.2 Å². The topological polar surface area (TPSA) is 238 Å². The number of ether oxygens (including phenoxy) is 2. The van der Waals surface area contributed by atoms with Crippen molar-refractivity contribution in [2.75, 3.05) is 40.6 Å². The number of carbonyl (C=O) groups is 8. The van der Waals surface area contributed by atoms with Crippen LogP contribution in [0.15, 0.2) is 42.5 Å². The molecule has 5 rings (SSSR count). The molecule has 71 heavy (non-hydrogen) atoms. The number of hydrogen-bond acceptors (Lipinski definition) is 12. The van der Waals surface area contributed by atoms with Crippen LogP contribution >= 0.6 is 0 Å². The van der Waals surface area contributed by atoms with Crippen LogP contribution in [0.1, 0.15) is 111 Å². The molecule has 1 aromatic rings. The molecule has 3 heterocycles. The number of methoxy groups -OCH3 is 2. The molecule has 19 nitrogen and oxygen atoms in total. The largest absolute Gasteiger partial charge is 0.379 e. The minimum absolute atomic E-state index is 0.0295. The summed E-state index contributed by atoms with van der Waals surface area (Å²) in [5.74, 6) is -4.62. The quantitative estimate of drug-likeness (QED) is 0.0898. The van der Waals surface area contributed by atoms with E-state index < -0.39 is 70.2 Å². The van der Waals surface area contributed by atoms with E-state index in [0.29, 0.717) is 57.1 Å². The van der Waals surface area contributed by atoms with Crippen LogP contribution in [-0.4, -0.2) is 164 Å². The molecule has 0 aromatic heterocycles. The molecule has 3 aliphatic heterocycles. The highest BCUT2D eigenvalue weighted by Gasteiger charge is 2.52. The summed E-state index contributed by atoms with van der Waals surface area (Å²) in [6.07, 6.45) is 7.80. The number of unbranched alkanes of at least 4 members (excludes halogenated alkanes) is 2. The number of carbonyl (C=O) groups excluding carboxylic acids is 8. The smallest absolute Gasteiger partial charge is 0.256 e. The summed E-state index contributed by atoms with van der Waals surface area (Å²) < 4.78 is 38.0. The van der Waals surface area contributed by atoms with Crippen molar-refractivity contribution in [3.63, 3.8) is 0 Å². The SMILES string of the molecule is CC[C@H](C)[C@@H]([C@@H](CC(=O)N1CCC[C@H]1[C@H](OC)[C@@H](C)C(=O)N[C@@H](Cc1ccccc1)C(=O)NS(C)(=O)=O)OC)N(C)C(=O)[C@@H](NC(=O)[C@@H]1[C@H]2CC[C@H](C2)N1C(=O)CCCCCN1C(=O)C=CC1=O)C(C)C. The van der Waals surface area contributed by atoms with Crippen LogP contribution < -0.4 is 15.4 Å². The molecule has 0 spiro atoms. The number of fused-ring (bicyclic) bond motifs is 2. The van der Waals surface area contributed by atoms with E-state index >= 15 is 0 Å². The molecule has 2 bridgehead atoms. The molecule has 8 amide bonds. The normalized spacial score (nSPS) is 22.8. The first kappa shape index (κ1) is 56.7. The van der Waals surface area contributed by atoms with Gasteiger partial charge in [0.2, 0.25) is 39.6 Å². The lowest BCUT2D eigenvalue weighted by atomic mass is 9.89. The maximum absolute atomic E-state index is 14.7. The Hall–Kier alpha value is -5.21. The molecule has 1 saturated carbocycles. The number of imide groups is 1. The van der Waals surface area contributed by atoms with Crippen molar-refractivity contribution >= 4 is 57.3 Å². The van der Waals surface area contributed by atoms with Crippen molar-refractivity contribution in [3.05, 3.63) is 48.0 Å². The number of rotatable bonds is 26. The zero-order valence-electron chi connectivity index (χ0n) is 43.0. The fraction of sp³-hybridized carbons (Fsp3) is 0.686. The van der Waals surface area contributed by atoms with Crippen LogP contribution in [-0.2, 0) is 64.3 Å². The Bertz CT molecular complexity index is 2210. The van der Waals surface area contributed by atoms with Crippen molar-refractivity contribution in [1.82, 2.24) is 35.0 Å². The summed E-state index contributed by atoms with van der Waals surface area (Å²) in [6.45, 7) is 9.98. The first-order valence-electron chi connectivity index (χ1n) is 25.2. The van der Waals surface area contributed by atoms with Gasteiger partial charge in [0.1, 0.15) is 18.1 Å². The van der Waals surface area contributed by atoms with Gasteiger partial charge in [-0.05, 0) is 68.3 Å². The van der Waals surface area contributed by atoms with E-state index in [9.17, 15) is 46.8 Å². The monoisotopic (exact) mass is 1010 g/mol. The predicted molar refractivity (Wildman–Crippen MR) is 264 cm³/mol. The van der Waals surface area contributed by atoms with E-state index in [4.69, 9.17) is 9.47 Å². The number of likely N-dealkylation sites (tertiary alicyclic amines) is 2. The van der Waals surface area contributed by atoms with E-state index in [1.165, 1.54) is 31.3 Å². The zero-order valence-corrected chi connectivity index (χ0v) is 43.8. The molecule has 1 aromatic carbocycles. The summed E-state index contributed by atoms with van der Waals surface area (Å²) in [7, 11) is 0.688. The molecule has 394 valence electrons. The van der Waals surface area contributed by atoms with Gasteiger partial charge < -0.3 is 34.8 Å². The van der Waals surface area contributed by atoms with E-state index in [1.807, 2.05) is 32.4 Å².